The molecule has 0 spiro atoms. The third-order valence-electron chi connectivity index (χ3n) is 5.51. The molecule has 3 aromatic rings. The first-order valence-corrected chi connectivity index (χ1v) is 10.9. The molecule has 0 N–H and O–H groups in total. The summed E-state index contributed by atoms with van der Waals surface area (Å²) in [6.07, 6.45) is -0.405. The van der Waals surface area contributed by atoms with Crippen molar-refractivity contribution in [2.75, 3.05) is 33.5 Å². The van der Waals surface area contributed by atoms with Crippen LogP contribution in [0.4, 0.5) is 0 Å². The van der Waals surface area contributed by atoms with Gasteiger partial charge >= 0.3 is 0 Å². The number of ether oxygens (including phenoxy) is 5. The van der Waals surface area contributed by atoms with E-state index in [0.29, 0.717) is 39.6 Å². The van der Waals surface area contributed by atoms with Crippen molar-refractivity contribution in [3.05, 3.63) is 102 Å². The highest BCUT2D eigenvalue weighted by Crippen LogP contribution is 2.33. The van der Waals surface area contributed by atoms with E-state index in [4.69, 9.17) is 23.7 Å². The van der Waals surface area contributed by atoms with Crippen LogP contribution in [0.3, 0.4) is 0 Å². The molecule has 1 saturated heterocycles. The predicted octanol–water partition coefficient (Wildman–Crippen LogP) is 5.16. The van der Waals surface area contributed by atoms with Crippen molar-refractivity contribution >= 4 is 0 Å². The Kier molecular flexibility index (Phi) is 7.91. The molecule has 32 heavy (non-hydrogen) atoms. The quantitative estimate of drug-likeness (QED) is 0.441. The highest BCUT2D eigenvalue weighted by molar-refractivity contribution is 5.28. The molecule has 1 aliphatic heterocycles. The Morgan fingerprint density at radius 1 is 0.719 bits per heavy atom. The fraction of sp³-hybridized carbons (Fsp3) is 0.333. The smallest absolute Gasteiger partial charge is 0.183 e. The second-order valence-electron chi connectivity index (χ2n) is 8.18. The minimum Gasteiger partial charge on any atom is -0.497 e. The van der Waals surface area contributed by atoms with E-state index in [1.807, 2.05) is 60.7 Å². The molecule has 0 unspecified atom stereocenters. The molecule has 0 atom stereocenters. The maximum Gasteiger partial charge on any atom is 0.183 e. The topological polar surface area (TPSA) is 46.2 Å². The molecule has 0 amide bonds. The van der Waals surface area contributed by atoms with Crippen LogP contribution in [-0.4, -0.2) is 33.5 Å². The largest absolute Gasteiger partial charge is 0.497 e. The van der Waals surface area contributed by atoms with Crippen LogP contribution in [0, 0.1) is 5.41 Å². The fourth-order valence-corrected chi connectivity index (χ4v) is 3.68. The lowest BCUT2D eigenvalue weighted by Crippen LogP contribution is -2.45. The molecule has 0 radical (unpaired) electrons. The lowest BCUT2D eigenvalue weighted by molar-refractivity contribution is -0.255. The third-order valence-corrected chi connectivity index (χ3v) is 5.51. The normalized spacial score (nSPS) is 16.0. The van der Waals surface area contributed by atoms with Crippen LogP contribution < -0.4 is 4.74 Å². The molecule has 3 aromatic carbocycles. The van der Waals surface area contributed by atoms with Crippen molar-refractivity contribution in [3.8, 4) is 5.75 Å². The Morgan fingerprint density at radius 3 is 1.69 bits per heavy atom. The Morgan fingerprint density at radius 2 is 1.22 bits per heavy atom. The number of hydrogen-bond acceptors (Lipinski definition) is 5. The predicted molar refractivity (Wildman–Crippen MR) is 122 cm³/mol. The fourth-order valence-electron chi connectivity index (χ4n) is 3.68. The number of hydrogen-bond donors (Lipinski definition) is 0. The van der Waals surface area contributed by atoms with Crippen LogP contribution in [0.2, 0.25) is 0 Å². The van der Waals surface area contributed by atoms with Gasteiger partial charge in [0.1, 0.15) is 5.75 Å². The van der Waals surface area contributed by atoms with Crippen LogP contribution in [-0.2, 0) is 32.2 Å². The van der Waals surface area contributed by atoms with E-state index in [2.05, 4.69) is 24.3 Å². The van der Waals surface area contributed by atoms with E-state index in [9.17, 15) is 0 Å². The SMILES string of the molecule is COc1ccc(C2OCC(COCc3ccccc3)(COCc3ccccc3)CO2)cc1. The molecule has 168 valence electrons. The van der Waals surface area contributed by atoms with E-state index in [1.165, 1.54) is 0 Å². The van der Waals surface area contributed by atoms with Crippen molar-refractivity contribution in [1.82, 2.24) is 0 Å². The Bertz CT molecular complexity index is 872. The molecular weight excluding hydrogens is 404 g/mol. The van der Waals surface area contributed by atoms with Gasteiger partial charge in [0.15, 0.2) is 6.29 Å². The first kappa shape index (κ1) is 22.5. The maximum absolute atomic E-state index is 6.14. The zero-order valence-electron chi connectivity index (χ0n) is 18.4. The van der Waals surface area contributed by atoms with Crippen molar-refractivity contribution in [2.45, 2.75) is 19.5 Å². The minimum atomic E-state index is -0.405. The van der Waals surface area contributed by atoms with Crippen LogP contribution in [0.1, 0.15) is 23.0 Å². The Balaban J connectivity index is 1.36. The summed E-state index contributed by atoms with van der Waals surface area (Å²) in [6, 6.07) is 28.1. The Labute approximate surface area is 189 Å². The van der Waals surface area contributed by atoms with Crippen molar-refractivity contribution < 1.29 is 23.7 Å². The van der Waals surface area contributed by atoms with Gasteiger partial charge < -0.3 is 23.7 Å². The molecule has 0 aromatic heterocycles. The van der Waals surface area contributed by atoms with E-state index in [1.54, 1.807) is 7.11 Å². The van der Waals surface area contributed by atoms with E-state index < -0.39 is 6.29 Å². The van der Waals surface area contributed by atoms with Gasteiger partial charge in [-0.2, -0.15) is 0 Å². The highest BCUT2D eigenvalue weighted by atomic mass is 16.7. The van der Waals surface area contributed by atoms with Crippen LogP contribution in [0.5, 0.6) is 5.75 Å². The highest BCUT2D eigenvalue weighted by Gasteiger charge is 2.38. The summed E-state index contributed by atoms with van der Waals surface area (Å²) in [6.45, 7) is 3.06. The second-order valence-corrected chi connectivity index (χ2v) is 8.18. The molecule has 5 nitrogen and oxygen atoms in total. The van der Waals surface area contributed by atoms with Gasteiger partial charge in [-0.15, -0.1) is 0 Å². The zero-order chi connectivity index (χ0) is 22.1. The number of benzene rings is 3. The lowest BCUT2D eigenvalue weighted by atomic mass is 9.91. The summed E-state index contributed by atoms with van der Waals surface area (Å²) in [5, 5.41) is 0. The summed E-state index contributed by atoms with van der Waals surface area (Å²) in [5.74, 6) is 0.808. The molecule has 0 saturated carbocycles. The van der Waals surface area contributed by atoms with Crippen molar-refractivity contribution in [2.24, 2.45) is 5.41 Å². The van der Waals surface area contributed by atoms with Crippen LogP contribution in [0.25, 0.3) is 0 Å². The number of rotatable bonds is 10. The monoisotopic (exact) mass is 434 g/mol. The third kappa shape index (κ3) is 6.17. The lowest BCUT2D eigenvalue weighted by Gasteiger charge is -2.39. The average Bonchev–Trinajstić information content (AvgIpc) is 2.86. The van der Waals surface area contributed by atoms with Gasteiger partial charge in [-0.3, -0.25) is 0 Å². The van der Waals surface area contributed by atoms with Crippen molar-refractivity contribution in [3.63, 3.8) is 0 Å². The van der Waals surface area contributed by atoms with Gasteiger partial charge in [0.05, 0.1) is 52.2 Å². The molecule has 1 aliphatic rings. The summed E-state index contributed by atoms with van der Waals surface area (Å²) < 4.78 is 29.7. The summed E-state index contributed by atoms with van der Waals surface area (Å²) in [7, 11) is 1.65. The standard InChI is InChI=1S/C27H30O5/c1-28-25-14-12-24(13-15-25)26-31-20-27(21-32-26,18-29-16-22-8-4-2-5-9-22)19-30-17-23-10-6-3-7-11-23/h2-15,26H,16-21H2,1H3. The molecule has 1 heterocycles. The van der Waals surface area contributed by atoms with Gasteiger partial charge in [-0.25, -0.2) is 0 Å². The van der Waals surface area contributed by atoms with E-state index in [0.717, 1.165) is 22.4 Å². The molecule has 4 rings (SSSR count). The molecular formula is C27H30O5. The van der Waals surface area contributed by atoms with E-state index >= 15 is 0 Å². The zero-order valence-corrected chi connectivity index (χ0v) is 18.4. The first-order chi connectivity index (χ1) is 15.8. The van der Waals surface area contributed by atoms with Gasteiger partial charge in [-0.05, 0) is 23.3 Å². The maximum atomic E-state index is 6.14. The van der Waals surface area contributed by atoms with E-state index in [-0.39, 0.29) is 5.41 Å². The first-order valence-electron chi connectivity index (χ1n) is 10.9. The average molecular weight is 435 g/mol. The summed E-state index contributed by atoms with van der Waals surface area (Å²) in [4.78, 5) is 0. The van der Waals surface area contributed by atoms with Gasteiger partial charge in [-0.1, -0.05) is 72.8 Å². The molecule has 0 aliphatic carbocycles. The Hall–Kier alpha value is -2.70. The van der Waals surface area contributed by atoms with Gasteiger partial charge in [0.2, 0.25) is 0 Å². The number of methoxy groups -OCH3 is 1. The minimum absolute atomic E-state index is 0.369. The van der Waals surface area contributed by atoms with Gasteiger partial charge in [0.25, 0.3) is 0 Å². The molecule has 1 fully saturated rings. The van der Waals surface area contributed by atoms with Crippen LogP contribution >= 0.6 is 0 Å². The summed E-state index contributed by atoms with van der Waals surface area (Å²) in [5.41, 5.74) is 2.88. The summed E-state index contributed by atoms with van der Waals surface area (Å²) >= 11 is 0. The van der Waals surface area contributed by atoms with Crippen molar-refractivity contribution in [1.29, 1.82) is 0 Å². The van der Waals surface area contributed by atoms with Crippen LogP contribution in [0.15, 0.2) is 84.9 Å². The molecule has 0 bridgehead atoms. The second kappa shape index (κ2) is 11.2. The molecule has 5 heteroatoms. The van der Waals surface area contributed by atoms with Gasteiger partial charge in [0, 0.05) is 5.56 Å².